The Morgan fingerprint density at radius 2 is 2.07 bits per heavy atom. The highest BCUT2D eigenvalue weighted by Gasteiger charge is 2.15. The maximum absolute atomic E-state index is 6.06. The van der Waals surface area contributed by atoms with Crippen molar-refractivity contribution in [1.82, 2.24) is 25.4 Å². The molecule has 27 heavy (non-hydrogen) atoms. The highest BCUT2D eigenvalue weighted by molar-refractivity contribution is 5.79. The first-order valence-electron chi connectivity index (χ1n) is 9.85. The highest BCUT2D eigenvalue weighted by Crippen LogP contribution is 2.22. The van der Waals surface area contributed by atoms with Gasteiger partial charge in [-0.25, -0.2) is 9.98 Å². The van der Waals surface area contributed by atoms with Crippen LogP contribution in [0.25, 0.3) is 0 Å². The molecule has 0 radical (unpaired) electrons. The van der Waals surface area contributed by atoms with Gasteiger partial charge in [0.1, 0.15) is 6.10 Å². The summed E-state index contributed by atoms with van der Waals surface area (Å²) in [7, 11) is 1.94. The third-order valence-electron chi connectivity index (χ3n) is 4.76. The molecular weight excluding hydrogens is 340 g/mol. The summed E-state index contributed by atoms with van der Waals surface area (Å²) in [6, 6.07) is 5.99. The lowest BCUT2D eigenvalue weighted by Gasteiger charge is -2.22. The summed E-state index contributed by atoms with van der Waals surface area (Å²) in [5.74, 6) is 1.49. The molecule has 0 saturated heterocycles. The van der Waals surface area contributed by atoms with Crippen LogP contribution in [0.1, 0.15) is 50.3 Å². The topological polar surface area (TPSA) is 76.4 Å². The van der Waals surface area contributed by atoms with Crippen LogP contribution >= 0.6 is 0 Å². The van der Waals surface area contributed by atoms with E-state index in [0.717, 1.165) is 36.6 Å². The molecule has 0 spiro atoms. The van der Waals surface area contributed by atoms with Crippen molar-refractivity contribution in [2.75, 3.05) is 6.54 Å². The molecule has 2 aromatic heterocycles. The molecular formula is C20H30N6O. The first-order valence-corrected chi connectivity index (χ1v) is 9.85. The van der Waals surface area contributed by atoms with Gasteiger partial charge in [-0.1, -0.05) is 6.42 Å². The normalized spacial score (nSPS) is 15.6. The van der Waals surface area contributed by atoms with Crippen molar-refractivity contribution in [3.05, 3.63) is 41.9 Å². The van der Waals surface area contributed by atoms with Crippen LogP contribution in [0.5, 0.6) is 5.88 Å². The molecule has 0 aliphatic heterocycles. The van der Waals surface area contributed by atoms with Gasteiger partial charge in [-0.05, 0) is 50.3 Å². The van der Waals surface area contributed by atoms with Crippen molar-refractivity contribution >= 4 is 5.96 Å². The lowest BCUT2D eigenvalue weighted by molar-refractivity contribution is 0.148. The zero-order valence-corrected chi connectivity index (χ0v) is 16.3. The lowest BCUT2D eigenvalue weighted by Crippen LogP contribution is -2.37. The quantitative estimate of drug-likeness (QED) is 0.579. The van der Waals surface area contributed by atoms with Gasteiger partial charge in [0.2, 0.25) is 5.88 Å². The fourth-order valence-corrected chi connectivity index (χ4v) is 3.23. The predicted octanol–water partition coefficient (Wildman–Crippen LogP) is 2.78. The Morgan fingerprint density at radius 1 is 1.22 bits per heavy atom. The summed E-state index contributed by atoms with van der Waals surface area (Å²) in [5.41, 5.74) is 2.20. The number of aliphatic imine (C=N–C) groups is 1. The van der Waals surface area contributed by atoms with Crippen molar-refractivity contribution in [2.45, 2.75) is 58.2 Å². The third kappa shape index (κ3) is 5.98. The van der Waals surface area contributed by atoms with Gasteiger partial charge in [0, 0.05) is 32.1 Å². The molecule has 1 aliphatic carbocycles. The Balaban J connectivity index is 1.57. The minimum absolute atomic E-state index is 0.308. The first-order chi connectivity index (χ1) is 13.2. The molecule has 0 unspecified atom stereocenters. The van der Waals surface area contributed by atoms with Gasteiger partial charge in [0.25, 0.3) is 0 Å². The number of aromatic nitrogens is 3. The van der Waals surface area contributed by atoms with Crippen LogP contribution in [0.2, 0.25) is 0 Å². The third-order valence-corrected chi connectivity index (χ3v) is 4.76. The molecule has 1 fully saturated rings. The lowest BCUT2D eigenvalue weighted by atomic mass is 9.98. The van der Waals surface area contributed by atoms with Crippen molar-refractivity contribution < 1.29 is 4.74 Å². The monoisotopic (exact) mass is 370 g/mol. The largest absolute Gasteiger partial charge is 0.474 e. The number of nitrogens with one attached hydrogen (secondary N) is 2. The number of rotatable bonds is 7. The summed E-state index contributed by atoms with van der Waals surface area (Å²) in [6.07, 6.45) is 10.00. The van der Waals surface area contributed by atoms with Gasteiger partial charge >= 0.3 is 0 Å². The molecule has 0 atom stereocenters. The summed E-state index contributed by atoms with van der Waals surface area (Å²) >= 11 is 0. The Labute approximate surface area is 161 Å². The molecule has 1 aliphatic rings. The number of pyridine rings is 1. The van der Waals surface area contributed by atoms with Crippen molar-refractivity contribution in [3.8, 4) is 5.88 Å². The predicted molar refractivity (Wildman–Crippen MR) is 107 cm³/mol. The van der Waals surface area contributed by atoms with E-state index in [4.69, 9.17) is 4.74 Å². The fourth-order valence-electron chi connectivity index (χ4n) is 3.23. The van der Waals surface area contributed by atoms with Crippen LogP contribution in [-0.4, -0.2) is 33.4 Å². The Kier molecular flexibility index (Phi) is 7.07. The molecule has 2 heterocycles. The van der Waals surface area contributed by atoms with E-state index >= 15 is 0 Å². The van der Waals surface area contributed by atoms with Crippen molar-refractivity contribution in [3.63, 3.8) is 0 Å². The van der Waals surface area contributed by atoms with E-state index in [2.05, 4.69) is 32.6 Å². The number of nitrogens with zero attached hydrogens (tertiary/aromatic N) is 4. The maximum Gasteiger partial charge on any atom is 0.213 e. The van der Waals surface area contributed by atoms with Gasteiger partial charge < -0.3 is 15.4 Å². The number of guanidine groups is 1. The smallest absolute Gasteiger partial charge is 0.213 e. The summed E-state index contributed by atoms with van der Waals surface area (Å²) in [5, 5.41) is 10.8. The maximum atomic E-state index is 6.06. The summed E-state index contributed by atoms with van der Waals surface area (Å²) in [6.45, 7) is 4.12. The van der Waals surface area contributed by atoms with E-state index in [-0.39, 0.29) is 0 Å². The number of hydrogen-bond donors (Lipinski definition) is 2. The summed E-state index contributed by atoms with van der Waals surface area (Å²) in [4.78, 5) is 9.05. The van der Waals surface area contributed by atoms with E-state index in [1.807, 2.05) is 29.9 Å². The standard InChI is InChI=1S/C20H30N6O/c1-3-21-20(24-15-17-10-12-25-26(17)2)23-14-16-9-11-22-19(13-16)27-18-7-5-4-6-8-18/h9-13,18H,3-8,14-15H2,1-2H3,(H2,21,23,24). The van der Waals surface area contributed by atoms with Crippen molar-refractivity contribution in [1.29, 1.82) is 0 Å². The molecule has 7 nitrogen and oxygen atoms in total. The van der Waals surface area contributed by atoms with Gasteiger partial charge in [0.15, 0.2) is 5.96 Å². The molecule has 0 aromatic carbocycles. The van der Waals surface area contributed by atoms with Crippen LogP contribution in [0.4, 0.5) is 0 Å². The Bertz CT molecular complexity index is 736. The molecule has 7 heteroatoms. The van der Waals surface area contributed by atoms with Crippen LogP contribution in [-0.2, 0) is 20.1 Å². The second-order valence-corrected chi connectivity index (χ2v) is 6.88. The SMILES string of the molecule is CCNC(=NCc1ccnc(OC2CCCCC2)c1)NCc1ccnn1C. The molecule has 1 saturated carbocycles. The van der Waals surface area contributed by atoms with Gasteiger partial charge in [-0.3, -0.25) is 4.68 Å². The average Bonchev–Trinajstić information content (AvgIpc) is 3.10. The van der Waals surface area contributed by atoms with E-state index in [1.54, 1.807) is 12.4 Å². The summed E-state index contributed by atoms with van der Waals surface area (Å²) < 4.78 is 7.91. The molecule has 2 N–H and O–H groups in total. The van der Waals surface area contributed by atoms with E-state index in [9.17, 15) is 0 Å². The van der Waals surface area contributed by atoms with Gasteiger partial charge in [-0.2, -0.15) is 5.10 Å². The van der Waals surface area contributed by atoms with Crippen molar-refractivity contribution in [2.24, 2.45) is 12.0 Å². The highest BCUT2D eigenvalue weighted by atomic mass is 16.5. The van der Waals surface area contributed by atoms with Gasteiger partial charge in [-0.15, -0.1) is 0 Å². The Hall–Kier alpha value is -2.57. The van der Waals surface area contributed by atoms with Crippen LogP contribution < -0.4 is 15.4 Å². The molecule has 0 bridgehead atoms. The van der Waals surface area contributed by atoms with E-state index in [0.29, 0.717) is 25.1 Å². The first kappa shape index (κ1) is 19.2. The van der Waals surface area contributed by atoms with E-state index in [1.165, 1.54) is 19.3 Å². The minimum atomic E-state index is 0.308. The van der Waals surface area contributed by atoms with Crippen LogP contribution in [0, 0.1) is 0 Å². The molecule has 3 rings (SSSR count). The number of ether oxygens (including phenoxy) is 1. The van der Waals surface area contributed by atoms with E-state index < -0.39 is 0 Å². The number of hydrogen-bond acceptors (Lipinski definition) is 4. The van der Waals surface area contributed by atoms with Gasteiger partial charge in [0.05, 0.1) is 18.8 Å². The average molecular weight is 371 g/mol. The Morgan fingerprint density at radius 3 is 2.81 bits per heavy atom. The second-order valence-electron chi connectivity index (χ2n) is 6.88. The number of aryl methyl sites for hydroxylation is 1. The van der Waals surface area contributed by atoms with Crippen LogP contribution in [0.15, 0.2) is 35.6 Å². The fraction of sp³-hybridized carbons (Fsp3) is 0.550. The molecule has 0 amide bonds. The minimum Gasteiger partial charge on any atom is -0.474 e. The molecule has 146 valence electrons. The zero-order chi connectivity index (χ0) is 18.9. The van der Waals surface area contributed by atoms with Crippen LogP contribution in [0.3, 0.4) is 0 Å². The second kappa shape index (κ2) is 9.94. The zero-order valence-electron chi connectivity index (χ0n) is 16.3. The molecule has 2 aromatic rings.